The summed E-state index contributed by atoms with van der Waals surface area (Å²) in [5, 5.41) is 0.807. The predicted octanol–water partition coefficient (Wildman–Crippen LogP) is 11.3. The largest absolute Gasteiger partial charge is 0.297 e. The van der Waals surface area contributed by atoms with Crippen LogP contribution in [0.4, 0.5) is 0 Å². The van der Waals surface area contributed by atoms with Crippen molar-refractivity contribution in [3.05, 3.63) is 156 Å². The standard InChI is InChI=1S/C43H32N2/c1-27-44-39-18-10-11-19-40(39)45(27)30-23-20-28(21-24-30)41-33-13-4-6-15-35(33)42(36-16-7-5-14-34(36)41)29-22-25-32-31-12-8-9-17-37(31)43(2,3)38(32)26-29/h4-26H,1-3H3/i4D,5D,6D,7D,13D,14D,15D,16D. The van der Waals surface area contributed by atoms with Crippen molar-refractivity contribution in [2.45, 2.75) is 26.2 Å². The molecule has 1 aromatic heterocycles. The van der Waals surface area contributed by atoms with Crippen LogP contribution >= 0.6 is 0 Å². The maximum atomic E-state index is 9.34. The Hall–Kier alpha value is -5.47. The molecule has 0 N–H and O–H groups in total. The fraction of sp³-hybridized carbons (Fsp3) is 0.0930. The summed E-state index contributed by atoms with van der Waals surface area (Å²) >= 11 is 0. The maximum Gasteiger partial charge on any atom is 0.111 e. The summed E-state index contributed by atoms with van der Waals surface area (Å²) in [7, 11) is 0. The van der Waals surface area contributed by atoms with E-state index in [2.05, 4.69) is 26.0 Å². The predicted molar refractivity (Wildman–Crippen MR) is 189 cm³/mol. The summed E-state index contributed by atoms with van der Waals surface area (Å²) in [5.41, 5.74) is 8.45. The van der Waals surface area contributed by atoms with Crippen LogP contribution in [0.2, 0.25) is 0 Å². The van der Waals surface area contributed by atoms with E-state index in [1.165, 1.54) is 5.56 Å². The molecule has 0 fully saturated rings. The Morgan fingerprint density at radius 3 is 1.84 bits per heavy atom. The molecule has 0 saturated carbocycles. The van der Waals surface area contributed by atoms with Crippen LogP contribution in [-0.4, -0.2) is 9.55 Å². The van der Waals surface area contributed by atoms with Gasteiger partial charge in [-0.05, 0) is 103 Å². The van der Waals surface area contributed by atoms with Crippen LogP contribution in [0.1, 0.15) is 41.8 Å². The fourth-order valence-corrected chi connectivity index (χ4v) is 7.31. The van der Waals surface area contributed by atoms with E-state index in [1.54, 1.807) is 0 Å². The van der Waals surface area contributed by atoms with E-state index < -0.39 is 24.2 Å². The second-order valence-electron chi connectivity index (χ2n) is 12.2. The zero-order chi connectivity index (χ0) is 37.2. The fourth-order valence-electron chi connectivity index (χ4n) is 7.31. The molecule has 0 saturated heterocycles. The van der Waals surface area contributed by atoms with Gasteiger partial charge in [0.25, 0.3) is 0 Å². The summed E-state index contributed by atoms with van der Waals surface area (Å²) in [6.45, 7) is 6.23. The zero-order valence-corrected chi connectivity index (χ0v) is 25.1. The minimum Gasteiger partial charge on any atom is -0.297 e. The molecule has 8 aromatic rings. The van der Waals surface area contributed by atoms with Crippen molar-refractivity contribution in [2.75, 3.05) is 0 Å². The molecule has 2 nitrogen and oxygen atoms in total. The van der Waals surface area contributed by atoms with E-state index in [4.69, 9.17) is 10.5 Å². The monoisotopic (exact) mass is 584 g/mol. The van der Waals surface area contributed by atoms with Gasteiger partial charge in [0.1, 0.15) is 5.82 Å². The van der Waals surface area contributed by atoms with E-state index in [0.29, 0.717) is 22.3 Å². The molecular weight excluding hydrogens is 544 g/mol. The summed E-state index contributed by atoms with van der Waals surface area (Å²) in [6, 6.07) is 26.7. The molecule has 7 aromatic carbocycles. The van der Waals surface area contributed by atoms with Crippen molar-refractivity contribution in [2.24, 2.45) is 0 Å². The second-order valence-corrected chi connectivity index (χ2v) is 12.2. The van der Waals surface area contributed by atoms with Crippen molar-refractivity contribution < 1.29 is 11.0 Å². The Morgan fingerprint density at radius 2 is 1.16 bits per heavy atom. The Bertz CT molecular complexity index is 2830. The average molecular weight is 585 g/mol. The number of fused-ring (bicyclic) bond motifs is 6. The number of para-hydroxylation sites is 2. The van der Waals surface area contributed by atoms with E-state index >= 15 is 0 Å². The molecule has 0 atom stereocenters. The van der Waals surface area contributed by atoms with Crippen molar-refractivity contribution in [1.29, 1.82) is 0 Å². The highest BCUT2D eigenvalue weighted by Gasteiger charge is 2.35. The van der Waals surface area contributed by atoms with Gasteiger partial charge in [-0.1, -0.05) is 123 Å². The van der Waals surface area contributed by atoms with Crippen LogP contribution in [0.3, 0.4) is 0 Å². The van der Waals surface area contributed by atoms with Crippen molar-refractivity contribution in [1.82, 2.24) is 9.55 Å². The first-order valence-electron chi connectivity index (χ1n) is 19.1. The van der Waals surface area contributed by atoms with E-state index in [1.807, 2.05) is 90.4 Å². The van der Waals surface area contributed by atoms with Gasteiger partial charge in [0.15, 0.2) is 0 Å². The number of imidazole rings is 1. The lowest BCUT2D eigenvalue weighted by Gasteiger charge is -2.23. The summed E-state index contributed by atoms with van der Waals surface area (Å²) < 4.78 is 74.5. The van der Waals surface area contributed by atoms with Gasteiger partial charge in [-0.3, -0.25) is 4.57 Å². The number of nitrogens with zero attached hydrogens (tertiary/aromatic N) is 2. The molecule has 2 heteroatoms. The van der Waals surface area contributed by atoms with Crippen LogP contribution in [0, 0.1) is 6.92 Å². The maximum absolute atomic E-state index is 9.34. The molecule has 1 aliphatic rings. The first-order valence-corrected chi connectivity index (χ1v) is 15.1. The number of aryl methyl sites for hydroxylation is 1. The highest BCUT2D eigenvalue weighted by atomic mass is 15.1. The normalized spacial score (nSPS) is 15.9. The van der Waals surface area contributed by atoms with Gasteiger partial charge < -0.3 is 0 Å². The topological polar surface area (TPSA) is 17.8 Å². The van der Waals surface area contributed by atoms with Crippen molar-refractivity contribution in [3.8, 4) is 39.1 Å². The van der Waals surface area contributed by atoms with Crippen LogP contribution in [0.25, 0.3) is 71.6 Å². The van der Waals surface area contributed by atoms with Gasteiger partial charge in [0, 0.05) is 11.1 Å². The molecule has 0 radical (unpaired) electrons. The van der Waals surface area contributed by atoms with Gasteiger partial charge in [-0.25, -0.2) is 4.98 Å². The van der Waals surface area contributed by atoms with Crippen molar-refractivity contribution in [3.63, 3.8) is 0 Å². The number of aromatic nitrogens is 2. The number of rotatable bonds is 3. The van der Waals surface area contributed by atoms with E-state index in [0.717, 1.165) is 39.2 Å². The molecule has 9 rings (SSSR count). The molecule has 214 valence electrons. The van der Waals surface area contributed by atoms with Gasteiger partial charge in [0.05, 0.1) is 22.0 Å². The third-order valence-corrected chi connectivity index (χ3v) is 9.39. The Balaban J connectivity index is 1.41. The van der Waals surface area contributed by atoms with Gasteiger partial charge in [-0.15, -0.1) is 0 Å². The Kier molecular flexibility index (Phi) is 4.02. The van der Waals surface area contributed by atoms with Crippen LogP contribution in [0.5, 0.6) is 0 Å². The molecular formula is C43H32N2. The van der Waals surface area contributed by atoms with Crippen LogP contribution in [-0.2, 0) is 5.41 Å². The first-order chi connectivity index (χ1) is 25.3. The molecule has 0 amide bonds. The molecule has 1 aliphatic carbocycles. The lowest BCUT2D eigenvalue weighted by atomic mass is 9.80. The summed E-state index contributed by atoms with van der Waals surface area (Å²) in [5.74, 6) is 0.794. The molecule has 45 heavy (non-hydrogen) atoms. The third kappa shape index (κ3) is 3.72. The Morgan fingerprint density at radius 1 is 0.600 bits per heavy atom. The molecule has 0 aliphatic heterocycles. The minimum atomic E-state index is -0.419. The number of hydrogen-bond donors (Lipinski definition) is 0. The lowest BCUT2D eigenvalue weighted by molar-refractivity contribution is 0.660. The summed E-state index contributed by atoms with van der Waals surface area (Å²) in [4.78, 5) is 4.71. The third-order valence-electron chi connectivity index (χ3n) is 9.39. The zero-order valence-electron chi connectivity index (χ0n) is 33.1. The highest BCUT2D eigenvalue weighted by molar-refractivity contribution is 6.21. The van der Waals surface area contributed by atoms with Crippen molar-refractivity contribution >= 4 is 32.6 Å². The Labute approximate surface area is 274 Å². The van der Waals surface area contributed by atoms with Crippen LogP contribution in [0.15, 0.2) is 139 Å². The molecule has 0 spiro atoms. The second kappa shape index (κ2) is 9.51. The molecule has 0 unspecified atom stereocenters. The quantitative estimate of drug-likeness (QED) is 0.189. The molecule has 0 bridgehead atoms. The lowest BCUT2D eigenvalue weighted by Crippen LogP contribution is -2.14. The number of hydrogen-bond acceptors (Lipinski definition) is 1. The highest BCUT2D eigenvalue weighted by Crippen LogP contribution is 2.51. The van der Waals surface area contributed by atoms with Gasteiger partial charge >= 0.3 is 0 Å². The van der Waals surface area contributed by atoms with E-state index in [-0.39, 0.29) is 51.1 Å². The molecule has 1 heterocycles. The SMILES string of the molecule is [2H]c1c([2H])c([2H])c2c(-c3ccc4c(c3)C(C)(C)c3ccccc3-4)c3c([2H])c([2H])c([2H])c([2H])c3c(-c3ccc(-n4c(C)nc5ccccc54)cc3)c2c1[2H]. The smallest absolute Gasteiger partial charge is 0.111 e. The van der Waals surface area contributed by atoms with Gasteiger partial charge in [0.2, 0.25) is 0 Å². The summed E-state index contributed by atoms with van der Waals surface area (Å²) in [6.07, 6.45) is 0. The minimum absolute atomic E-state index is 0.198. The van der Waals surface area contributed by atoms with E-state index in [9.17, 15) is 5.48 Å². The number of benzene rings is 7. The van der Waals surface area contributed by atoms with Gasteiger partial charge in [-0.2, -0.15) is 0 Å². The van der Waals surface area contributed by atoms with Crippen LogP contribution < -0.4 is 0 Å². The average Bonchev–Trinajstić information content (AvgIpc) is 3.62. The first kappa shape index (κ1) is 19.0.